The lowest BCUT2D eigenvalue weighted by atomic mass is 9.80. The summed E-state index contributed by atoms with van der Waals surface area (Å²) in [4.78, 5) is 21.6. The van der Waals surface area contributed by atoms with Crippen LogP contribution in [0.5, 0.6) is 0 Å². The number of hydrogen-bond acceptors (Lipinski definition) is 6. The van der Waals surface area contributed by atoms with E-state index < -0.39 is 21.6 Å². The number of para-hydroxylation sites is 1. The number of benzene rings is 1. The van der Waals surface area contributed by atoms with Gasteiger partial charge in [0.15, 0.2) is 0 Å². The number of aryl methyl sites for hydroxylation is 1. The van der Waals surface area contributed by atoms with E-state index in [1.165, 1.54) is 15.6 Å². The van der Waals surface area contributed by atoms with Crippen molar-refractivity contribution in [2.45, 2.75) is 29.1 Å². The molecule has 1 saturated heterocycles. The zero-order valence-corrected chi connectivity index (χ0v) is 18.3. The van der Waals surface area contributed by atoms with Crippen molar-refractivity contribution in [3.63, 3.8) is 0 Å². The summed E-state index contributed by atoms with van der Waals surface area (Å²) in [5.41, 5.74) is 1.15. The number of nitrogens with zero attached hydrogens (tertiary/aromatic N) is 3. The number of thiazole rings is 1. The standard InChI is InChI=1S/C20H16N4O3S3/c1-12-22-15(10-28-12)16-7-8-18(29-16)30(26,27)24-11-20(9-17(24)21-2)13-5-3-4-6-14(13)23-19(20)25/h3-8,10,17H,9,11H2,1H3,(H,23,25)/t17-,20-/m0/s1. The molecule has 1 N–H and O–H groups in total. The minimum atomic E-state index is -3.94. The minimum absolute atomic E-state index is 0.0474. The molecule has 2 aliphatic heterocycles. The molecule has 1 amide bonds. The topological polar surface area (TPSA) is 83.7 Å². The van der Waals surface area contributed by atoms with E-state index in [4.69, 9.17) is 6.57 Å². The molecule has 0 saturated carbocycles. The first-order valence-corrected chi connectivity index (χ1v) is 12.3. The van der Waals surface area contributed by atoms with Crippen LogP contribution in [0.15, 0.2) is 46.0 Å². The lowest BCUT2D eigenvalue weighted by Crippen LogP contribution is -2.39. The van der Waals surface area contributed by atoms with Gasteiger partial charge >= 0.3 is 0 Å². The van der Waals surface area contributed by atoms with E-state index in [2.05, 4.69) is 15.1 Å². The zero-order chi connectivity index (χ0) is 21.1. The quantitative estimate of drug-likeness (QED) is 0.609. The van der Waals surface area contributed by atoms with E-state index in [0.29, 0.717) is 5.69 Å². The maximum Gasteiger partial charge on any atom is 0.293 e. The maximum atomic E-state index is 13.5. The summed E-state index contributed by atoms with van der Waals surface area (Å²) < 4.78 is 28.2. The smallest absolute Gasteiger partial charge is 0.293 e. The van der Waals surface area contributed by atoms with Crippen LogP contribution < -0.4 is 5.32 Å². The van der Waals surface area contributed by atoms with Gasteiger partial charge in [-0.25, -0.2) is 20.0 Å². The van der Waals surface area contributed by atoms with Crippen molar-refractivity contribution in [3.8, 4) is 10.6 Å². The molecule has 3 aromatic rings. The van der Waals surface area contributed by atoms with Crippen LogP contribution in [0.3, 0.4) is 0 Å². The first kappa shape index (κ1) is 19.4. The highest BCUT2D eigenvalue weighted by molar-refractivity contribution is 7.91. The van der Waals surface area contributed by atoms with E-state index in [-0.39, 0.29) is 23.1 Å². The van der Waals surface area contributed by atoms with Crippen molar-refractivity contribution >= 4 is 44.3 Å². The molecule has 7 nitrogen and oxygen atoms in total. The summed E-state index contributed by atoms with van der Waals surface area (Å²) in [6.45, 7) is 9.44. The molecular formula is C20H16N4O3S3. The fourth-order valence-corrected chi connectivity index (χ4v) is 7.79. The van der Waals surface area contributed by atoms with E-state index in [1.54, 1.807) is 18.2 Å². The second kappa shape index (κ2) is 6.72. The summed E-state index contributed by atoms with van der Waals surface area (Å²) in [5, 5.41) is 5.65. The first-order chi connectivity index (χ1) is 14.3. The molecule has 30 heavy (non-hydrogen) atoms. The van der Waals surface area contributed by atoms with Crippen LogP contribution in [0.4, 0.5) is 5.69 Å². The largest absolute Gasteiger partial charge is 0.325 e. The molecule has 0 radical (unpaired) electrons. The molecule has 4 heterocycles. The Balaban J connectivity index is 1.53. The second-order valence-electron chi connectivity index (χ2n) is 7.32. The summed E-state index contributed by atoms with van der Waals surface area (Å²) in [6.07, 6.45) is -0.791. The molecule has 152 valence electrons. The first-order valence-electron chi connectivity index (χ1n) is 9.17. The van der Waals surface area contributed by atoms with Crippen molar-refractivity contribution in [2.75, 3.05) is 11.9 Å². The third-order valence-corrected chi connectivity index (χ3v) is 9.77. The monoisotopic (exact) mass is 456 g/mol. The fraction of sp³-hybridized carbons (Fsp3) is 0.250. The van der Waals surface area contributed by atoms with Crippen molar-refractivity contribution < 1.29 is 13.2 Å². The summed E-state index contributed by atoms with van der Waals surface area (Å²) >= 11 is 2.64. The molecule has 0 unspecified atom stereocenters. The van der Waals surface area contributed by atoms with E-state index in [1.807, 2.05) is 30.5 Å². The number of fused-ring (bicyclic) bond motifs is 2. The molecule has 0 aliphatic carbocycles. The Labute approximate surface area is 181 Å². The number of carbonyl (C=O) groups is 1. The Hall–Kier alpha value is -2.58. The van der Waals surface area contributed by atoms with Crippen molar-refractivity contribution in [3.05, 3.63) is 63.8 Å². The predicted octanol–water partition coefficient (Wildman–Crippen LogP) is 3.71. The van der Waals surface area contributed by atoms with Crippen LogP contribution in [0, 0.1) is 13.5 Å². The summed E-state index contributed by atoms with van der Waals surface area (Å²) in [7, 11) is -3.94. The summed E-state index contributed by atoms with van der Waals surface area (Å²) in [6, 6.07) is 10.6. The van der Waals surface area contributed by atoms with Crippen LogP contribution in [0.25, 0.3) is 15.4 Å². The number of anilines is 1. The molecule has 5 rings (SSSR count). The maximum absolute atomic E-state index is 13.5. The van der Waals surface area contributed by atoms with Gasteiger partial charge in [0, 0.05) is 17.6 Å². The lowest BCUT2D eigenvalue weighted by molar-refractivity contribution is -0.120. The third-order valence-electron chi connectivity index (χ3n) is 5.58. The van der Waals surface area contributed by atoms with Crippen LogP contribution in [-0.4, -0.2) is 36.3 Å². The van der Waals surface area contributed by atoms with Gasteiger partial charge in [-0.05, 0) is 30.7 Å². The minimum Gasteiger partial charge on any atom is -0.325 e. The van der Waals surface area contributed by atoms with Gasteiger partial charge in [-0.15, -0.1) is 27.0 Å². The number of sulfonamides is 1. The van der Waals surface area contributed by atoms with Crippen molar-refractivity contribution in [1.29, 1.82) is 0 Å². The van der Waals surface area contributed by atoms with E-state index in [0.717, 1.165) is 32.5 Å². The Kier molecular flexibility index (Phi) is 4.34. The average molecular weight is 457 g/mol. The van der Waals surface area contributed by atoms with Crippen molar-refractivity contribution in [1.82, 2.24) is 9.29 Å². The number of thiophene rings is 1. The highest BCUT2D eigenvalue weighted by Gasteiger charge is 2.60. The van der Waals surface area contributed by atoms with Gasteiger partial charge in [-0.1, -0.05) is 18.2 Å². The molecule has 10 heteroatoms. The van der Waals surface area contributed by atoms with E-state index >= 15 is 0 Å². The highest BCUT2D eigenvalue weighted by atomic mass is 32.2. The molecule has 2 atom stereocenters. The second-order valence-corrected chi connectivity index (χ2v) is 11.6. The van der Waals surface area contributed by atoms with Gasteiger partial charge in [0.2, 0.25) is 5.91 Å². The average Bonchev–Trinajstić information content (AvgIpc) is 3.49. The Morgan fingerprint density at radius 2 is 2.10 bits per heavy atom. The Morgan fingerprint density at radius 1 is 1.30 bits per heavy atom. The highest BCUT2D eigenvalue weighted by Crippen LogP contribution is 2.48. The van der Waals surface area contributed by atoms with Crippen LogP contribution in [0.2, 0.25) is 0 Å². The van der Waals surface area contributed by atoms with Crippen molar-refractivity contribution in [2.24, 2.45) is 0 Å². The van der Waals surface area contributed by atoms with Crippen LogP contribution >= 0.6 is 22.7 Å². The molecule has 1 fully saturated rings. The number of nitrogens with one attached hydrogen (secondary N) is 1. The lowest BCUT2D eigenvalue weighted by Gasteiger charge is -2.20. The fourth-order valence-electron chi connectivity index (χ4n) is 4.13. The molecule has 2 aliphatic rings. The predicted molar refractivity (Wildman–Crippen MR) is 116 cm³/mol. The van der Waals surface area contributed by atoms with Crippen LogP contribution in [-0.2, 0) is 20.2 Å². The SMILES string of the molecule is [C-]#[N+][C@@H]1C[C@@]2(CN1S(=O)(=O)c1ccc(-c3csc(C)n3)s1)C(=O)Nc1ccccc12. The van der Waals surface area contributed by atoms with Gasteiger partial charge in [0.25, 0.3) is 16.2 Å². The number of rotatable bonds is 3. The van der Waals surface area contributed by atoms with Gasteiger partial charge in [0.05, 0.1) is 27.4 Å². The van der Waals surface area contributed by atoms with Crippen LogP contribution in [0.1, 0.15) is 17.0 Å². The number of aromatic nitrogens is 1. The zero-order valence-electron chi connectivity index (χ0n) is 15.8. The third kappa shape index (κ3) is 2.74. The molecule has 1 aromatic carbocycles. The number of amides is 1. The molecule has 0 bridgehead atoms. The van der Waals surface area contributed by atoms with E-state index in [9.17, 15) is 13.2 Å². The van der Waals surface area contributed by atoms with Gasteiger partial charge in [0.1, 0.15) is 4.21 Å². The van der Waals surface area contributed by atoms with Gasteiger partial charge in [-0.2, -0.15) is 0 Å². The Morgan fingerprint density at radius 3 is 2.83 bits per heavy atom. The van der Waals surface area contributed by atoms with Gasteiger partial charge < -0.3 is 5.32 Å². The van der Waals surface area contributed by atoms with Gasteiger partial charge in [-0.3, -0.25) is 9.64 Å². The normalized spacial score (nSPS) is 23.5. The summed E-state index contributed by atoms with van der Waals surface area (Å²) in [5.74, 6) is -0.250. The Bertz CT molecular complexity index is 1320. The molecule has 1 spiro atoms. The number of carbonyl (C=O) groups excluding carboxylic acids is 1. The number of hydrogen-bond donors (Lipinski definition) is 1. The molecule has 2 aromatic heterocycles. The molecular weight excluding hydrogens is 440 g/mol.